The van der Waals surface area contributed by atoms with E-state index in [9.17, 15) is 10.1 Å². The summed E-state index contributed by atoms with van der Waals surface area (Å²) in [5.74, 6) is 1.13. The Balaban J connectivity index is 1.33. The number of aromatic nitrogens is 2. The van der Waals surface area contributed by atoms with Crippen LogP contribution < -0.4 is 9.64 Å². The summed E-state index contributed by atoms with van der Waals surface area (Å²) in [6.45, 7) is 7.03. The van der Waals surface area contributed by atoms with Gasteiger partial charge in [-0.3, -0.25) is 4.79 Å². The van der Waals surface area contributed by atoms with Gasteiger partial charge in [-0.2, -0.15) is 15.2 Å². The predicted molar refractivity (Wildman–Crippen MR) is 160 cm³/mol. The number of ether oxygens (including phenoxy) is 1. The highest BCUT2D eigenvalue weighted by molar-refractivity contribution is 5.87. The Bertz CT molecular complexity index is 1480. The van der Waals surface area contributed by atoms with Gasteiger partial charge >= 0.3 is 6.01 Å². The van der Waals surface area contributed by atoms with Crippen molar-refractivity contribution >= 4 is 22.5 Å². The van der Waals surface area contributed by atoms with Crippen LogP contribution >= 0.6 is 0 Å². The Kier molecular flexibility index (Phi) is 7.89. The van der Waals surface area contributed by atoms with Gasteiger partial charge in [0.2, 0.25) is 5.91 Å². The number of rotatable bonds is 7. The Labute approximate surface area is 242 Å². The summed E-state index contributed by atoms with van der Waals surface area (Å²) in [4.78, 5) is 28.9. The maximum absolute atomic E-state index is 12.5. The Morgan fingerprint density at radius 2 is 1.98 bits per heavy atom. The van der Waals surface area contributed by atoms with Crippen LogP contribution in [0.1, 0.15) is 48.4 Å². The number of piperazine rings is 1. The van der Waals surface area contributed by atoms with Crippen molar-refractivity contribution < 1.29 is 9.53 Å². The molecule has 3 atom stereocenters. The third kappa shape index (κ3) is 5.51. The number of amides is 1. The average Bonchev–Trinajstić information content (AvgIpc) is 3.43. The minimum atomic E-state index is -0.214. The van der Waals surface area contributed by atoms with E-state index < -0.39 is 0 Å². The van der Waals surface area contributed by atoms with Crippen molar-refractivity contribution in [3.05, 3.63) is 71.9 Å². The molecule has 2 aliphatic heterocycles. The van der Waals surface area contributed by atoms with E-state index in [1.54, 1.807) is 4.90 Å². The zero-order valence-electron chi connectivity index (χ0n) is 23.8. The second-order valence-corrected chi connectivity index (χ2v) is 11.5. The van der Waals surface area contributed by atoms with Gasteiger partial charge in [-0.05, 0) is 74.0 Å². The van der Waals surface area contributed by atoms with Crippen molar-refractivity contribution in [1.82, 2.24) is 19.8 Å². The number of carbonyl (C=O) groups is 1. The molecule has 6 rings (SSSR count). The Morgan fingerprint density at radius 3 is 2.78 bits per heavy atom. The van der Waals surface area contributed by atoms with Gasteiger partial charge in [0, 0.05) is 31.2 Å². The van der Waals surface area contributed by atoms with Crippen LogP contribution in [0.25, 0.3) is 10.8 Å². The summed E-state index contributed by atoms with van der Waals surface area (Å²) in [6.07, 6.45) is 6.62. The van der Waals surface area contributed by atoms with Gasteiger partial charge in [0.05, 0.1) is 24.2 Å². The molecule has 0 saturated carbocycles. The molecule has 2 saturated heterocycles. The van der Waals surface area contributed by atoms with Gasteiger partial charge in [0.15, 0.2) is 0 Å². The molecule has 0 bridgehead atoms. The molecule has 41 heavy (non-hydrogen) atoms. The number of likely N-dealkylation sites (tertiary alicyclic amines) is 1. The lowest BCUT2D eigenvalue weighted by molar-refractivity contribution is -0.128. The molecule has 3 heterocycles. The second kappa shape index (κ2) is 11.9. The smallest absolute Gasteiger partial charge is 0.318 e. The minimum Gasteiger partial charge on any atom is -0.462 e. The van der Waals surface area contributed by atoms with Crippen molar-refractivity contribution in [1.29, 1.82) is 5.26 Å². The van der Waals surface area contributed by atoms with Crippen molar-refractivity contribution in [2.75, 3.05) is 44.7 Å². The molecule has 2 aromatic carbocycles. The van der Waals surface area contributed by atoms with Crippen LogP contribution in [0.3, 0.4) is 0 Å². The van der Waals surface area contributed by atoms with E-state index in [2.05, 4.69) is 72.0 Å². The van der Waals surface area contributed by atoms with Crippen LogP contribution in [-0.2, 0) is 17.6 Å². The highest BCUT2D eigenvalue weighted by atomic mass is 16.5. The van der Waals surface area contributed by atoms with Crippen molar-refractivity contribution in [2.24, 2.45) is 0 Å². The minimum absolute atomic E-state index is 0.128. The van der Waals surface area contributed by atoms with Crippen LogP contribution in [-0.4, -0.2) is 77.6 Å². The summed E-state index contributed by atoms with van der Waals surface area (Å²) >= 11 is 0. The molecule has 3 aliphatic rings. The number of fused-ring (bicyclic) bond motifs is 2. The van der Waals surface area contributed by atoms with Gasteiger partial charge < -0.3 is 19.4 Å². The van der Waals surface area contributed by atoms with E-state index in [1.165, 1.54) is 34.4 Å². The third-order valence-electron chi connectivity index (χ3n) is 9.14. The lowest BCUT2D eigenvalue weighted by Crippen LogP contribution is -2.55. The second-order valence-electron chi connectivity index (χ2n) is 11.5. The molecule has 0 unspecified atom stereocenters. The quantitative estimate of drug-likeness (QED) is 0.401. The summed E-state index contributed by atoms with van der Waals surface area (Å²) in [5, 5.41) is 12.1. The Morgan fingerprint density at radius 1 is 1.12 bits per heavy atom. The molecule has 8 nitrogen and oxygen atoms in total. The lowest BCUT2D eigenvalue weighted by Gasteiger charge is -2.42. The number of anilines is 1. The molecule has 0 N–H and O–H groups in total. The van der Waals surface area contributed by atoms with Crippen LogP contribution in [0, 0.1) is 11.3 Å². The molecule has 1 aliphatic carbocycles. The van der Waals surface area contributed by atoms with Crippen LogP contribution in [0.4, 0.5) is 5.82 Å². The largest absolute Gasteiger partial charge is 0.462 e. The third-order valence-corrected chi connectivity index (χ3v) is 9.14. The summed E-state index contributed by atoms with van der Waals surface area (Å²) in [6, 6.07) is 18.1. The van der Waals surface area contributed by atoms with E-state index in [0.717, 1.165) is 43.7 Å². The number of likely N-dealkylation sites (N-methyl/N-ethyl adjacent to an activating group) is 1. The maximum Gasteiger partial charge on any atom is 0.318 e. The predicted octanol–water partition coefficient (Wildman–Crippen LogP) is 4.49. The first-order chi connectivity index (χ1) is 20.1. The molecule has 8 heteroatoms. The number of nitriles is 1. The van der Waals surface area contributed by atoms with E-state index >= 15 is 0 Å². The molecular weight excluding hydrogens is 512 g/mol. The standard InChI is InChI=1S/C33H38N6O2/c1-3-31(40)39-19-18-38(21-25(39)15-16-34)32-29-14-13-24(28-12-6-9-23-8-4-5-11-27(23)28)20-30(29)35-33(36-32)41-22-26-10-7-17-37(26)2/h3-6,8-9,11-12,24-26H,1,7,10,13-15,17-22H2,2H3/t24-,25-,26-/m0/s1. The first-order valence-corrected chi connectivity index (χ1v) is 14.8. The maximum atomic E-state index is 12.5. The fourth-order valence-electron chi connectivity index (χ4n) is 6.87. The van der Waals surface area contributed by atoms with E-state index in [4.69, 9.17) is 14.7 Å². The Hall–Kier alpha value is -3.96. The molecule has 2 fully saturated rings. The number of carbonyl (C=O) groups excluding carboxylic acids is 1. The van der Waals surface area contributed by atoms with Gasteiger partial charge in [0.1, 0.15) is 12.4 Å². The van der Waals surface area contributed by atoms with E-state index in [-0.39, 0.29) is 18.4 Å². The van der Waals surface area contributed by atoms with Crippen molar-refractivity contribution in [2.45, 2.75) is 56.5 Å². The van der Waals surface area contributed by atoms with Gasteiger partial charge in [-0.1, -0.05) is 49.0 Å². The van der Waals surface area contributed by atoms with Crippen LogP contribution in [0.2, 0.25) is 0 Å². The summed E-state index contributed by atoms with van der Waals surface area (Å²) in [5.41, 5.74) is 3.59. The zero-order chi connectivity index (χ0) is 28.3. The molecular formula is C33H38N6O2. The highest BCUT2D eigenvalue weighted by Gasteiger charge is 2.34. The summed E-state index contributed by atoms with van der Waals surface area (Å²) in [7, 11) is 2.15. The molecule has 3 aromatic rings. The van der Waals surface area contributed by atoms with Gasteiger partial charge in [-0.25, -0.2) is 0 Å². The van der Waals surface area contributed by atoms with Gasteiger partial charge in [-0.15, -0.1) is 0 Å². The number of nitrogens with zero attached hydrogens (tertiary/aromatic N) is 6. The SMILES string of the molecule is C=CC(=O)N1CCN(c2nc(OC[C@@H]3CCCN3C)nc3c2CC[C@H](c2cccc4ccccc24)C3)C[C@@H]1CC#N. The highest BCUT2D eigenvalue weighted by Crippen LogP contribution is 2.39. The van der Waals surface area contributed by atoms with E-state index in [1.807, 2.05) is 0 Å². The number of benzene rings is 2. The molecule has 1 aromatic heterocycles. The topological polar surface area (TPSA) is 85.6 Å². The zero-order valence-corrected chi connectivity index (χ0v) is 23.8. The first-order valence-electron chi connectivity index (χ1n) is 14.8. The average molecular weight is 551 g/mol. The van der Waals surface area contributed by atoms with Crippen molar-refractivity contribution in [3.8, 4) is 12.1 Å². The monoisotopic (exact) mass is 550 g/mol. The first kappa shape index (κ1) is 27.2. The van der Waals surface area contributed by atoms with E-state index in [0.29, 0.717) is 44.2 Å². The number of hydrogen-bond acceptors (Lipinski definition) is 7. The lowest BCUT2D eigenvalue weighted by atomic mass is 9.80. The van der Waals surface area contributed by atoms with Crippen LogP contribution in [0.15, 0.2) is 55.1 Å². The summed E-state index contributed by atoms with van der Waals surface area (Å²) < 4.78 is 6.30. The fourth-order valence-corrected chi connectivity index (χ4v) is 6.87. The van der Waals surface area contributed by atoms with Gasteiger partial charge in [0.25, 0.3) is 0 Å². The number of hydrogen-bond donors (Lipinski definition) is 0. The molecule has 0 spiro atoms. The molecule has 212 valence electrons. The molecule has 0 radical (unpaired) electrons. The van der Waals surface area contributed by atoms with Crippen molar-refractivity contribution in [3.63, 3.8) is 0 Å². The molecule has 1 amide bonds. The van der Waals surface area contributed by atoms with Crippen LogP contribution in [0.5, 0.6) is 6.01 Å². The normalized spacial score (nSPS) is 22.8. The fraction of sp³-hybridized carbons (Fsp3) is 0.455.